The van der Waals surface area contributed by atoms with Gasteiger partial charge in [0.05, 0.1) is 6.04 Å². The van der Waals surface area contributed by atoms with Crippen LogP contribution in [0.4, 0.5) is 0 Å². The zero-order chi connectivity index (χ0) is 34.4. The molecule has 47 heavy (non-hydrogen) atoms. The first-order valence-electron chi connectivity index (χ1n) is 16.4. The maximum Gasteiger partial charge on any atom is 0.289 e. The van der Waals surface area contributed by atoms with Crippen LogP contribution in [0.15, 0.2) is 24.1 Å². The Morgan fingerprint density at radius 3 is 2.34 bits per heavy atom. The van der Waals surface area contributed by atoms with E-state index in [0.717, 1.165) is 38.4 Å². The van der Waals surface area contributed by atoms with Crippen molar-refractivity contribution in [2.75, 3.05) is 13.1 Å². The molecule has 16 heteroatoms. The van der Waals surface area contributed by atoms with Crippen LogP contribution < -0.4 is 20.7 Å². The Kier molecular flexibility index (Phi) is 11.9. The van der Waals surface area contributed by atoms with E-state index in [1.54, 1.807) is 20.8 Å². The Balaban J connectivity index is 1.51. The van der Waals surface area contributed by atoms with Crippen molar-refractivity contribution in [2.24, 2.45) is 17.3 Å². The second-order valence-electron chi connectivity index (χ2n) is 13.9. The van der Waals surface area contributed by atoms with Gasteiger partial charge in [0.15, 0.2) is 0 Å². The summed E-state index contributed by atoms with van der Waals surface area (Å²) in [6.07, 6.45) is 9.45. The summed E-state index contributed by atoms with van der Waals surface area (Å²) in [7, 11) is -4.22. The molecule has 5 N–H and O–H groups in total. The average molecular weight is 677 g/mol. The molecule has 3 fully saturated rings. The molecule has 1 aromatic heterocycles. The molecule has 1 aromatic rings. The summed E-state index contributed by atoms with van der Waals surface area (Å²) < 4.78 is 28.7. The van der Waals surface area contributed by atoms with E-state index in [1.807, 2.05) is 0 Å². The maximum atomic E-state index is 14.2. The van der Waals surface area contributed by atoms with Crippen LogP contribution in [0.1, 0.15) is 85.0 Å². The van der Waals surface area contributed by atoms with E-state index in [4.69, 9.17) is 0 Å². The maximum absolute atomic E-state index is 14.2. The number of hydrogen-bond acceptors (Lipinski definition) is 9. The van der Waals surface area contributed by atoms with Gasteiger partial charge in [-0.15, -0.1) is 6.58 Å². The van der Waals surface area contributed by atoms with Gasteiger partial charge in [0.25, 0.3) is 21.1 Å². The molecule has 2 heterocycles. The van der Waals surface area contributed by atoms with Crippen molar-refractivity contribution in [3.8, 4) is 0 Å². The summed E-state index contributed by atoms with van der Waals surface area (Å²) in [5.74, 6) is -3.29. The predicted octanol–water partition coefficient (Wildman–Crippen LogP) is 0.710. The Hall–Kier alpha value is -3.66. The van der Waals surface area contributed by atoms with Gasteiger partial charge in [-0.05, 0) is 49.4 Å². The summed E-state index contributed by atoms with van der Waals surface area (Å²) in [5.41, 5.74) is -0.814. The van der Waals surface area contributed by atoms with Gasteiger partial charge in [-0.1, -0.05) is 59.0 Å². The Morgan fingerprint density at radius 2 is 1.74 bits per heavy atom. The second kappa shape index (κ2) is 15.5. The second-order valence-corrected chi connectivity index (χ2v) is 15.5. The van der Waals surface area contributed by atoms with E-state index >= 15 is 0 Å². The number of amides is 4. The molecular formula is C31H48N8O7S. The Morgan fingerprint density at radius 1 is 1.04 bits per heavy atom. The number of carbonyl (C=O) groups excluding carboxylic acids is 5. The number of aromatic nitrogens is 3. The third-order valence-electron chi connectivity index (χ3n) is 9.10. The van der Waals surface area contributed by atoms with Crippen LogP contribution in [0.2, 0.25) is 0 Å². The number of nitrogens with zero attached hydrogens (tertiary/aromatic N) is 3. The highest BCUT2D eigenvalue weighted by Gasteiger charge is 2.45. The molecule has 2 saturated carbocycles. The molecule has 260 valence electrons. The van der Waals surface area contributed by atoms with Crippen LogP contribution in [0.5, 0.6) is 0 Å². The van der Waals surface area contributed by atoms with Gasteiger partial charge in [-0.3, -0.25) is 24.0 Å². The molecule has 0 bridgehead atoms. The highest BCUT2D eigenvalue weighted by molar-refractivity contribution is 7.89. The molecule has 4 rings (SSSR count). The lowest BCUT2D eigenvalue weighted by atomic mass is 9.82. The van der Waals surface area contributed by atoms with Crippen LogP contribution in [0.3, 0.4) is 0 Å². The number of aromatic amines is 1. The molecule has 1 unspecified atom stereocenters. The fourth-order valence-electron chi connectivity index (χ4n) is 6.32. The predicted molar refractivity (Wildman–Crippen MR) is 171 cm³/mol. The van der Waals surface area contributed by atoms with Gasteiger partial charge < -0.3 is 20.9 Å². The quantitative estimate of drug-likeness (QED) is 0.131. The van der Waals surface area contributed by atoms with Gasteiger partial charge in [0.2, 0.25) is 23.5 Å². The molecule has 15 nitrogen and oxygen atoms in total. The highest BCUT2D eigenvalue weighted by atomic mass is 32.2. The number of hydrogen-bond donors (Lipinski definition) is 5. The highest BCUT2D eigenvalue weighted by Crippen LogP contribution is 2.34. The Bertz CT molecular complexity index is 1420. The minimum absolute atomic E-state index is 0.114. The number of rotatable bonds is 15. The van der Waals surface area contributed by atoms with Crippen molar-refractivity contribution < 1.29 is 32.4 Å². The summed E-state index contributed by atoms with van der Waals surface area (Å²) in [4.78, 5) is 72.3. The van der Waals surface area contributed by atoms with Crippen molar-refractivity contribution >= 4 is 39.4 Å². The summed E-state index contributed by atoms with van der Waals surface area (Å²) in [6, 6.07) is -4.20. The zero-order valence-electron chi connectivity index (χ0n) is 27.4. The van der Waals surface area contributed by atoms with E-state index in [9.17, 15) is 32.4 Å². The first kappa shape index (κ1) is 36.2. The number of carbonyl (C=O) groups is 5. The van der Waals surface area contributed by atoms with E-state index in [1.165, 1.54) is 11.0 Å². The monoisotopic (exact) mass is 676 g/mol. The molecule has 4 amide bonds. The van der Waals surface area contributed by atoms with Crippen molar-refractivity contribution in [2.45, 2.75) is 114 Å². The normalized spacial score (nSPS) is 20.9. The van der Waals surface area contributed by atoms with Crippen LogP contribution in [-0.4, -0.2) is 95.2 Å². The SMILES string of the molecule is C=CCNC(=O)C(=O)C(CC1CC1)NC(=O)[C@@H]1CCCN1C(=O)[C@@H](NC(=O)[C@@H](NS(=O)(=O)c1ncn[nH]1)C1CCCCC1)C(C)(C)C. The molecule has 1 aliphatic heterocycles. The standard InChI is InChI=1S/C31H48N8O7S/c1-5-15-32-28(43)24(40)21(17-19-13-14-19)35-26(41)22-12-9-16-39(22)29(44)25(31(2,3)4)36-27(42)23(20-10-7-6-8-11-20)38-47(45,46)30-33-18-34-37-30/h5,18-23,25,38H,1,6-17H2,2-4H3,(H,32,43)(H,35,41)(H,36,42)(H,33,34,37)/t21?,22-,23-,25+/m0/s1. The Labute approximate surface area is 275 Å². The number of nitrogens with one attached hydrogen (secondary N) is 5. The van der Waals surface area contributed by atoms with Gasteiger partial charge in [-0.25, -0.2) is 18.5 Å². The van der Waals surface area contributed by atoms with Gasteiger partial charge in [0, 0.05) is 13.1 Å². The number of likely N-dealkylation sites (tertiary alicyclic amines) is 1. The lowest BCUT2D eigenvalue weighted by molar-refractivity contribution is -0.145. The number of Topliss-reactive ketones (excluding diaryl/α,β-unsaturated/α-hetero) is 1. The van der Waals surface area contributed by atoms with Gasteiger partial charge in [-0.2, -0.15) is 9.82 Å². The van der Waals surface area contributed by atoms with Gasteiger partial charge in [0.1, 0.15) is 24.5 Å². The summed E-state index contributed by atoms with van der Waals surface area (Å²) >= 11 is 0. The molecule has 0 radical (unpaired) electrons. The largest absolute Gasteiger partial charge is 0.346 e. The number of sulfonamides is 1. The van der Waals surface area contributed by atoms with Crippen molar-refractivity contribution in [3.63, 3.8) is 0 Å². The van der Waals surface area contributed by atoms with Crippen LogP contribution in [0, 0.1) is 17.3 Å². The minimum atomic E-state index is -4.22. The molecule has 2 aliphatic carbocycles. The molecule has 0 spiro atoms. The third kappa shape index (κ3) is 9.46. The number of ketones is 1. The number of H-pyrrole nitrogens is 1. The van der Waals surface area contributed by atoms with Crippen molar-refractivity contribution in [1.29, 1.82) is 0 Å². The molecule has 1 saturated heterocycles. The smallest absolute Gasteiger partial charge is 0.289 e. The first-order valence-corrected chi connectivity index (χ1v) is 17.9. The van der Waals surface area contributed by atoms with Crippen molar-refractivity contribution in [3.05, 3.63) is 19.0 Å². The zero-order valence-corrected chi connectivity index (χ0v) is 28.2. The van der Waals surface area contributed by atoms with Gasteiger partial charge >= 0.3 is 0 Å². The van der Waals surface area contributed by atoms with Crippen LogP contribution >= 0.6 is 0 Å². The molecular weight excluding hydrogens is 628 g/mol. The fraction of sp³-hybridized carbons (Fsp3) is 0.710. The summed E-state index contributed by atoms with van der Waals surface area (Å²) in [5, 5.41) is 13.6. The summed E-state index contributed by atoms with van der Waals surface area (Å²) in [6.45, 7) is 9.24. The molecule has 0 aromatic carbocycles. The van der Waals surface area contributed by atoms with E-state index in [0.29, 0.717) is 32.1 Å². The molecule has 4 atom stereocenters. The third-order valence-corrected chi connectivity index (χ3v) is 10.4. The average Bonchev–Trinajstić information content (AvgIpc) is 3.44. The van der Waals surface area contributed by atoms with Crippen LogP contribution in [0.25, 0.3) is 0 Å². The fourth-order valence-corrected chi connectivity index (χ4v) is 7.43. The molecule has 3 aliphatic rings. The van der Waals surface area contributed by atoms with E-state index in [2.05, 4.69) is 42.4 Å². The lowest BCUT2D eigenvalue weighted by Gasteiger charge is -2.37. The first-order chi connectivity index (χ1) is 22.2. The topological polar surface area (TPSA) is 212 Å². The minimum Gasteiger partial charge on any atom is -0.346 e. The van der Waals surface area contributed by atoms with Crippen molar-refractivity contribution in [1.82, 2.24) is 40.8 Å². The van der Waals surface area contributed by atoms with Crippen LogP contribution in [-0.2, 0) is 34.0 Å². The van der Waals surface area contributed by atoms with E-state index in [-0.39, 0.29) is 24.9 Å². The lowest BCUT2D eigenvalue weighted by Crippen LogP contribution is -2.62. The van der Waals surface area contributed by atoms with E-state index < -0.39 is 74.2 Å².